The van der Waals surface area contributed by atoms with Crippen LogP contribution < -0.4 is 5.73 Å². The zero-order valence-electron chi connectivity index (χ0n) is 8.34. The normalized spacial score (nSPS) is 10.6. The molecule has 1 heterocycles. The highest BCUT2D eigenvalue weighted by atomic mass is 35.5. The molecular formula is C9H9ClF2N2O2. The number of methoxy groups -OCH3 is 1. The van der Waals surface area contributed by atoms with Crippen LogP contribution in [0.2, 0.25) is 5.02 Å². The van der Waals surface area contributed by atoms with Gasteiger partial charge in [-0.05, 0) is 11.6 Å². The second-order valence-electron chi connectivity index (χ2n) is 2.87. The number of rotatable bonds is 3. The van der Waals surface area contributed by atoms with Crippen LogP contribution in [0.1, 0.15) is 28.2 Å². The van der Waals surface area contributed by atoms with Crippen molar-refractivity contribution in [3.05, 3.63) is 28.0 Å². The van der Waals surface area contributed by atoms with Crippen molar-refractivity contribution < 1.29 is 18.3 Å². The summed E-state index contributed by atoms with van der Waals surface area (Å²) < 4.78 is 29.3. The van der Waals surface area contributed by atoms with E-state index in [1.807, 2.05) is 0 Å². The lowest BCUT2D eigenvalue weighted by atomic mass is 10.2. The minimum Gasteiger partial charge on any atom is -0.464 e. The Morgan fingerprint density at radius 2 is 2.31 bits per heavy atom. The summed E-state index contributed by atoms with van der Waals surface area (Å²) in [6.45, 7) is -0.0644. The minimum absolute atomic E-state index is 0.0567. The highest BCUT2D eigenvalue weighted by Gasteiger charge is 2.20. The van der Waals surface area contributed by atoms with Crippen molar-refractivity contribution in [2.24, 2.45) is 5.73 Å². The van der Waals surface area contributed by atoms with E-state index in [-0.39, 0.29) is 22.8 Å². The van der Waals surface area contributed by atoms with E-state index in [1.165, 1.54) is 0 Å². The highest BCUT2D eigenvalue weighted by molar-refractivity contribution is 6.34. The van der Waals surface area contributed by atoms with Crippen molar-refractivity contribution in [2.75, 3.05) is 7.11 Å². The molecule has 0 aromatic carbocycles. The lowest BCUT2D eigenvalue weighted by molar-refractivity contribution is 0.0592. The molecule has 0 aliphatic heterocycles. The van der Waals surface area contributed by atoms with Gasteiger partial charge in [-0.2, -0.15) is 0 Å². The smallest absolute Gasteiger partial charge is 0.358 e. The molecule has 7 heteroatoms. The van der Waals surface area contributed by atoms with Gasteiger partial charge in [0, 0.05) is 6.54 Å². The van der Waals surface area contributed by atoms with E-state index in [4.69, 9.17) is 17.3 Å². The number of halogens is 3. The minimum atomic E-state index is -2.80. The van der Waals surface area contributed by atoms with Gasteiger partial charge in [0.15, 0.2) is 5.69 Å². The van der Waals surface area contributed by atoms with Gasteiger partial charge < -0.3 is 10.5 Å². The molecule has 0 unspecified atom stereocenters. The average molecular weight is 251 g/mol. The summed E-state index contributed by atoms with van der Waals surface area (Å²) in [6.07, 6.45) is -2.80. The topological polar surface area (TPSA) is 65.2 Å². The van der Waals surface area contributed by atoms with E-state index in [0.717, 1.165) is 13.2 Å². The molecule has 0 atom stereocenters. The Morgan fingerprint density at radius 3 is 2.75 bits per heavy atom. The van der Waals surface area contributed by atoms with E-state index in [0.29, 0.717) is 0 Å². The van der Waals surface area contributed by atoms with Gasteiger partial charge in [-0.15, -0.1) is 0 Å². The second-order valence-corrected chi connectivity index (χ2v) is 3.24. The monoisotopic (exact) mass is 250 g/mol. The van der Waals surface area contributed by atoms with Crippen LogP contribution in [-0.2, 0) is 11.3 Å². The van der Waals surface area contributed by atoms with Gasteiger partial charge in [-0.25, -0.2) is 18.6 Å². The van der Waals surface area contributed by atoms with Crippen LogP contribution in [-0.4, -0.2) is 18.1 Å². The summed E-state index contributed by atoms with van der Waals surface area (Å²) in [6, 6.07) is 1.07. The first-order chi connectivity index (χ1) is 7.51. The average Bonchev–Trinajstić information content (AvgIpc) is 2.28. The number of alkyl halides is 2. The molecule has 0 amide bonds. The van der Waals surface area contributed by atoms with Crippen molar-refractivity contribution >= 4 is 17.6 Å². The van der Waals surface area contributed by atoms with Crippen molar-refractivity contribution in [3.63, 3.8) is 0 Å². The van der Waals surface area contributed by atoms with Gasteiger partial charge in [0.2, 0.25) is 0 Å². The van der Waals surface area contributed by atoms with E-state index in [9.17, 15) is 13.6 Å². The fourth-order valence-electron chi connectivity index (χ4n) is 1.10. The van der Waals surface area contributed by atoms with Gasteiger partial charge in [0.25, 0.3) is 6.43 Å². The summed E-state index contributed by atoms with van der Waals surface area (Å²) in [5, 5.41) is -0.0567. The third-order valence-electron chi connectivity index (χ3n) is 1.88. The number of aromatic nitrogens is 1. The fraction of sp³-hybridized carbons (Fsp3) is 0.333. The molecule has 1 rings (SSSR count). The predicted octanol–water partition coefficient (Wildman–Crippen LogP) is 1.92. The second kappa shape index (κ2) is 5.18. The number of nitrogens with zero attached hydrogens (tertiary/aromatic N) is 1. The lowest BCUT2D eigenvalue weighted by Crippen LogP contribution is -2.11. The van der Waals surface area contributed by atoms with Crippen LogP contribution in [0, 0.1) is 0 Å². The summed E-state index contributed by atoms with van der Waals surface area (Å²) in [4.78, 5) is 14.7. The lowest BCUT2D eigenvalue weighted by Gasteiger charge is -2.09. The summed E-state index contributed by atoms with van der Waals surface area (Å²) in [7, 11) is 1.11. The van der Waals surface area contributed by atoms with Crippen molar-refractivity contribution in [1.29, 1.82) is 0 Å². The summed E-state index contributed by atoms with van der Waals surface area (Å²) in [5.74, 6) is -0.873. The maximum Gasteiger partial charge on any atom is 0.358 e. The fourth-order valence-corrected chi connectivity index (χ4v) is 1.35. The molecule has 0 bridgehead atoms. The number of hydrogen-bond acceptors (Lipinski definition) is 4. The van der Waals surface area contributed by atoms with Crippen LogP contribution >= 0.6 is 11.6 Å². The quantitative estimate of drug-likeness (QED) is 0.833. The van der Waals surface area contributed by atoms with Crippen LogP contribution in [0.5, 0.6) is 0 Å². The molecule has 2 N–H and O–H groups in total. The molecular weight excluding hydrogens is 242 g/mol. The number of ether oxygens (including phenoxy) is 1. The maximum absolute atomic E-state index is 12.5. The van der Waals surface area contributed by atoms with Gasteiger partial charge in [-0.3, -0.25) is 0 Å². The molecule has 0 fully saturated rings. The number of nitrogens with two attached hydrogens (primary N) is 1. The number of carbonyl (C=O) groups excluding carboxylic acids is 1. The predicted molar refractivity (Wildman–Crippen MR) is 53.4 cm³/mol. The summed E-state index contributed by atoms with van der Waals surface area (Å²) in [5.41, 5.74) is 4.65. The molecule has 1 aromatic heterocycles. The number of hydrogen-bond donors (Lipinski definition) is 1. The molecule has 0 radical (unpaired) electrons. The van der Waals surface area contributed by atoms with E-state index >= 15 is 0 Å². The first-order valence-corrected chi connectivity index (χ1v) is 4.64. The Balaban J connectivity index is 3.35. The zero-order valence-corrected chi connectivity index (χ0v) is 9.09. The maximum atomic E-state index is 12.5. The molecule has 0 saturated carbocycles. The van der Waals surface area contributed by atoms with Crippen molar-refractivity contribution in [3.8, 4) is 0 Å². The van der Waals surface area contributed by atoms with Gasteiger partial charge in [0.1, 0.15) is 5.69 Å². The van der Waals surface area contributed by atoms with Crippen LogP contribution in [0.3, 0.4) is 0 Å². The van der Waals surface area contributed by atoms with Crippen molar-refractivity contribution in [2.45, 2.75) is 13.0 Å². The van der Waals surface area contributed by atoms with Gasteiger partial charge in [-0.1, -0.05) is 11.6 Å². The standard InChI is InChI=1S/C9H9ClF2N2O2/c1-16-9(15)7-6(10)4(3-13)2-5(14-7)8(11)12/h2,8H,3,13H2,1H3. The van der Waals surface area contributed by atoms with Crippen molar-refractivity contribution in [1.82, 2.24) is 4.98 Å². The largest absolute Gasteiger partial charge is 0.464 e. The summed E-state index contributed by atoms with van der Waals surface area (Å²) >= 11 is 5.77. The van der Waals surface area contributed by atoms with Gasteiger partial charge >= 0.3 is 5.97 Å². The van der Waals surface area contributed by atoms with E-state index in [2.05, 4.69) is 9.72 Å². The number of carbonyl (C=O) groups is 1. The number of pyridine rings is 1. The Hall–Kier alpha value is -1.27. The third-order valence-corrected chi connectivity index (χ3v) is 2.30. The molecule has 4 nitrogen and oxygen atoms in total. The molecule has 0 aliphatic carbocycles. The third kappa shape index (κ3) is 2.45. The Bertz CT molecular complexity index is 413. The molecule has 16 heavy (non-hydrogen) atoms. The molecule has 0 saturated heterocycles. The molecule has 0 aliphatic rings. The number of esters is 1. The first-order valence-electron chi connectivity index (χ1n) is 4.27. The van der Waals surface area contributed by atoms with Crippen LogP contribution in [0.4, 0.5) is 8.78 Å². The van der Waals surface area contributed by atoms with Gasteiger partial charge in [0.05, 0.1) is 12.1 Å². The van der Waals surface area contributed by atoms with Crippen LogP contribution in [0.25, 0.3) is 0 Å². The molecule has 88 valence electrons. The first kappa shape index (κ1) is 12.8. The Morgan fingerprint density at radius 1 is 1.69 bits per heavy atom. The Labute approximate surface area is 95.4 Å². The molecule has 0 spiro atoms. The zero-order chi connectivity index (χ0) is 12.3. The Kier molecular flexibility index (Phi) is 4.14. The SMILES string of the molecule is COC(=O)c1nc(C(F)F)cc(CN)c1Cl. The van der Waals surface area contributed by atoms with E-state index < -0.39 is 18.1 Å². The van der Waals surface area contributed by atoms with Crippen LogP contribution in [0.15, 0.2) is 6.07 Å². The van der Waals surface area contributed by atoms with E-state index in [1.54, 1.807) is 0 Å². The highest BCUT2D eigenvalue weighted by Crippen LogP contribution is 2.25. The molecule has 1 aromatic rings.